The Morgan fingerprint density at radius 3 is 2.39 bits per heavy atom. The maximum Gasteiger partial charge on any atom is 0.335 e. The van der Waals surface area contributed by atoms with Crippen LogP contribution in [0.4, 0.5) is 5.69 Å². The van der Waals surface area contributed by atoms with Gasteiger partial charge in [0.2, 0.25) is 0 Å². The number of benzene rings is 2. The van der Waals surface area contributed by atoms with E-state index in [1.165, 1.54) is 35.2 Å². The molecule has 0 radical (unpaired) electrons. The molecule has 5 nitrogen and oxygen atoms in total. The van der Waals surface area contributed by atoms with Crippen LogP contribution in [0.25, 0.3) is 6.08 Å². The molecule has 1 amide bonds. The molecule has 1 aliphatic rings. The summed E-state index contributed by atoms with van der Waals surface area (Å²) in [5.74, 6) is -1.39. The van der Waals surface area contributed by atoms with Gasteiger partial charge in [-0.25, -0.2) is 4.79 Å². The molecule has 1 fully saturated rings. The van der Waals surface area contributed by atoms with Crippen molar-refractivity contribution >= 4 is 51.9 Å². The number of amides is 1. The van der Waals surface area contributed by atoms with Gasteiger partial charge >= 0.3 is 5.97 Å². The number of allylic oxidation sites excluding steroid dienone is 2. The van der Waals surface area contributed by atoms with Gasteiger partial charge in [-0.05, 0) is 48.9 Å². The number of thiocarbonyl (C=S) groups is 1. The van der Waals surface area contributed by atoms with Crippen LogP contribution in [0, 0.1) is 18.3 Å². The maximum atomic E-state index is 12.8. The number of aryl methyl sites for hydroxylation is 1. The van der Waals surface area contributed by atoms with Gasteiger partial charge in [0.1, 0.15) is 0 Å². The predicted molar refractivity (Wildman–Crippen MR) is 114 cm³/mol. The number of nitrogens with zero attached hydrogens (tertiary/aromatic N) is 2. The lowest BCUT2D eigenvalue weighted by atomic mass is 10.1. The van der Waals surface area contributed by atoms with E-state index >= 15 is 0 Å². The lowest BCUT2D eigenvalue weighted by Crippen LogP contribution is -2.27. The van der Waals surface area contributed by atoms with E-state index < -0.39 is 5.97 Å². The number of hydrogen-bond acceptors (Lipinski definition) is 5. The number of carbonyl (C=O) groups is 2. The van der Waals surface area contributed by atoms with Crippen LogP contribution in [0.1, 0.15) is 21.5 Å². The molecule has 2 aromatic carbocycles. The summed E-state index contributed by atoms with van der Waals surface area (Å²) in [5.41, 5.74) is 2.92. The average molecular weight is 406 g/mol. The molecule has 1 saturated heterocycles. The third-order valence-corrected chi connectivity index (χ3v) is 5.28. The van der Waals surface area contributed by atoms with Crippen molar-refractivity contribution in [3.63, 3.8) is 0 Å². The van der Waals surface area contributed by atoms with Crippen LogP contribution in [0.3, 0.4) is 0 Å². The van der Waals surface area contributed by atoms with Crippen molar-refractivity contribution in [2.45, 2.75) is 6.92 Å². The van der Waals surface area contributed by atoms with Crippen molar-refractivity contribution in [1.82, 2.24) is 0 Å². The van der Waals surface area contributed by atoms with Crippen LogP contribution in [0.15, 0.2) is 65.1 Å². The number of anilines is 1. The first kappa shape index (κ1) is 19.5. The van der Waals surface area contributed by atoms with Crippen molar-refractivity contribution in [3.8, 4) is 6.07 Å². The van der Waals surface area contributed by atoms with E-state index in [1.807, 2.05) is 31.2 Å². The molecule has 0 saturated carbocycles. The predicted octanol–water partition coefficient (Wildman–Crippen LogP) is 4.55. The zero-order valence-corrected chi connectivity index (χ0v) is 16.4. The smallest absolute Gasteiger partial charge is 0.335 e. The van der Waals surface area contributed by atoms with Gasteiger partial charge in [-0.2, -0.15) is 5.26 Å². The molecule has 28 heavy (non-hydrogen) atoms. The SMILES string of the molecule is Cc1ccc(/C=C(C#N)/C=C2\SC(=S)N(c3ccc(C(=O)O)cc3)C2=O)cc1. The molecule has 3 rings (SSSR count). The number of nitriles is 1. The molecule has 138 valence electrons. The molecule has 0 spiro atoms. The van der Waals surface area contributed by atoms with Crippen molar-refractivity contribution in [3.05, 3.63) is 81.8 Å². The quantitative estimate of drug-likeness (QED) is 0.456. The van der Waals surface area contributed by atoms with E-state index in [1.54, 1.807) is 6.08 Å². The molecule has 0 aliphatic carbocycles. The average Bonchev–Trinajstić information content (AvgIpc) is 2.96. The normalized spacial score (nSPS) is 15.8. The summed E-state index contributed by atoms with van der Waals surface area (Å²) >= 11 is 6.41. The van der Waals surface area contributed by atoms with Gasteiger partial charge in [0.25, 0.3) is 5.91 Å². The van der Waals surface area contributed by atoms with E-state index in [4.69, 9.17) is 17.3 Å². The molecule has 0 aromatic heterocycles. The summed E-state index contributed by atoms with van der Waals surface area (Å²) in [7, 11) is 0. The molecule has 0 atom stereocenters. The van der Waals surface area contributed by atoms with Crippen LogP contribution < -0.4 is 4.90 Å². The van der Waals surface area contributed by atoms with Gasteiger partial charge in [0, 0.05) is 0 Å². The van der Waals surface area contributed by atoms with Crippen molar-refractivity contribution in [2.24, 2.45) is 0 Å². The molecule has 7 heteroatoms. The Hall–Kier alpha value is -3.21. The second kappa shape index (κ2) is 8.21. The van der Waals surface area contributed by atoms with Gasteiger partial charge in [-0.3, -0.25) is 9.69 Å². The number of carboxylic acid groups (broad SMARTS) is 1. The molecule has 0 unspecified atom stereocenters. The zero-order chi connectivity index (χ0) is 20.3. The Bertz CT molecular complexity index is 1060. The van der Waals surface area contributed by atoms with Crippen molar-refractivity contribution in [2.75, 3.05) is 4.90 Å². The highest BCUT2D eigenvalue weighted by Crippen LogP contribution is 2.35. The maximum absolute atomic E-state index is 12.8. The lowest BCUT2D eigenvalue weighted by Gasteiger charge is -2.14. The highest BCUT2D eigenvalue weighted by atomic mass is 32.2. The first-order valence-corrected chi connectivity index (χ1v) is 9.41. The number of rotatable bonds is 4. The highest BCUT2D eigenvalue weighted by Gasteiger charge is 2.33. The number of carbonyl (C=O) groups excluding carboxylic acids is 1. The largest absolute Gasteiger partial charge is 0.478 e. The number of carboxylic acids is 1. The van der Waals surface area contributed by atoms with Gasteiger partial charge < -0.3 is 5.11 Å². The summed E-state index contributed by atoms with van der Waals surface area (Å²) < 4.78 is 0.326. The minimum Gasteiger partial charge on any atom is -0.478 e. The van der Waals surface area contributed by atoms with E-state index in [9.17, 15) is 14.9 Å². The first-order valence-electron chi connectivity index (χ1n) is 8.19. The van der Waals surface area contributed by atoms with E-state index in [0.29, 0.717) is 20.5 Å². The third kappa shape index (κ3) is 4.19. The van der Waals surface area contributed by atoms with Crippen LogP contribution in [-0.4, -0.2) is 21.3 Å². The van der Waals surface area contributed by atoms with Crippen molar-refractivity contribution in [1.29, 1.82) is 5.26 Å². The van der Waals surface area contributed by atoms with E-state index in [-0.39, 0.29) is 11.5 Å². The number of thioether (sulfide) groups is 1. The van der Waals surface area contributed by atoms with Gasteiger partial charge in [-0.15, -0.1) is 0 Å². The van der Waals surface area contributed by atoms with Crippen LogP contribution >= 0.6 is 24.0 Å². The Morgan fingerprint density at radius 2 is 1.82 bits per heavy atom. The Morgan fingerprint density at radius 1 is 1.18 bits per heavy atom. The molecular formula is C21H14N2O3S2. The number of hydrogen-bond donors (Lipinski definition) is 1. The minimum atomic E-state index is -1.04. The zero-order valence-electron chi connectivity index (χ0n) is 14.7. The molecule has 1 N–H and O–H groups in total. The fourth-order valence-electron chi connectivity index (χ4n) is 2.53. The van der Waals surface area contributed by atoms with Crippen LogP contribution in [0.5, 0.6) is 0 Å². The Kier molecular flexibility index (Phi) is 5.73. The number of aromatic carboxylic acids is 1. The summed E-state index contributed by atoms with van der Waals surface area (Å²) in [5, 5.41) is 18.4. The standard InChI is InChI=1S/C21H14N2O3S2/c1-13-2-4-14(5-3-13)10-15(12-22)11-18-19(24)23(21(27)28-18)17-8-6-16(7-9-17)20(25)26/h2-11H,1H3,(H,25,26)/b15-10-,18-11-. The monoisotopic (exact) mass is 406 g/mol. The summed E-state index contributed by atoms with van der Waals surface area (Å²) in [6, 6.07) is 15.7. The topological polar surface area (TPSA) is 81.4 Å². The Balaban J connectivity index is 1.88. The van der Waals surface area contributed by atoms with Gasteiger partial charge in [0.15, 0.2) is 4.32 Å². The van der Waals surface area contributed by atoms with Crippen molar-refractivity contribution < 1.29 is 14.7 Å². The fraction of sp³-hybridized carbons (Fsp3) is 0.0476. The minimum absolute atomic E-state index is 0.123. The molecule has 1 heterocycles. The summed E-state index contributed by atoms with van der Waals surface area (Å²) in [6.07, 6.45) is 3.22. The molecule has 2 aromatic rings. The van der Waals surface area contributed by atoms with E-state index in [0.717, 1.165) is 22.9 Å². The summed E-state index contributed by atoms with van der Waals surface area (Å²) in [6.45, 7) is 1.98. The summed E-state index contributed by atoms with van der Waals surface area (Å²) in [4.78, 5) is 25.4. The fourth-order valence-corrected chi connectivity index (χ4v) is 3.82. The second-order valence-corrected chi connectivity index (χ2v) is 7.67. The Labute approximate surface area is 171 Å². The van der Waals surface area contributed by atoms with Gasteiger partial charge in [-0.1, -0.05) is 53.8 Å². The third-order valence-electron chi connectivity index (χ3n) is 3.98. The van der Waals surface area contributed by atoms with E-state index in [2.05, 4.69) is 6.07 Å². The molecular weight excluding hydrogens is 392 g/mol. The van der Waals surface area contributed by atoms with Crippen LogP contribution in [0.2, 0.25) is 0 Å². The first-order chi connectivity index (χ1) is 13.4. The van der Waals surface area contributed by atoms with Crippen LogP contribution in [-0.2, 0) is 4.79 Å². The molecule has 0 bridgehead atoms. The lowest BCUT2D eigenvalue weighted by molar-refractivity contribution is -0.113. The highest BCUT2D eigenvalue weighted by molar-refractivity contribution is 8.27. The van der Waals surface area contributed by atoms with Gasteiger partial charge in [0.05, 0.1) is 27.8 Å². The molecule has 1 aliphatic heterocycles. The second-order valence-electron chi connectivity index (χ2n) is 5.99.